The number of aliphatic imine (C=N–C) groups is 1. The van der Waals surface area contributed by atoms with E-state index in [2.05, 4.69) is 69.5 Å². The summed E-state index contributed by atoms with van der Waals surface area (Å²) in [7, 11) is 1.68. The van der Waals surface area contributed by atoms with Crippen molar-refractivity contribution in [3.63, 3.8) is 0 Å². The van der Waals surface area contributed by atoms with Crippen LogP contribution >= 0.6 is 11.8 Å². The molecule has 0 atom stereocenters. The molecule has 2 heterocycles. The molecule has 1 saturated heterocycles. The number of para-hydroxylation sites is 1. The number of carbonyl (C=O) groups excluding carboxylic acids is 1. The Kier molecular flexibility index (Phi) is 7.86. The minimum absolute atomic E-state index is 0.00915. The Balaban J connectivity index is 1.66. The first-order valence-corrected chi connectivity index (χ1v) is 13.1. The van der Waals surface area contributed by atoms with Crippen LogP contribution in [0, 0.1) is 13.8 Å². The van der Waals surface area contributed by atoms with Crippen molar-refractivity contribution in [2.75, 3.05) is 20.3 Å². The minimum Gasteiger partial charge on any atom is -0.385 e. The summed E-state index contributed by atoms with van der Waals surface area (Å²) in [5.41, 5.74) is 6.67. The third-order valence-electron chi connectivity index (χ3n) is 6.35. The van der Waals surface area contributed by atoms with Crippen LogP contribution in [0.1, 0.15) is 49.7 Å². The van der Waals surface area contributed by atoms with Crippen LogP contribution in [0.25, 0.3) is 11.8 Å². The third-order valence-corrected chi connectivity index (χ3v) is 7.35. The summed E-state index contributed by atoms with van der Waals surface area (Å²) >= 11 is 1.44. The maximum absolute atomic E-state index is 13.4. The summed E-state index contributed by atoms with van der Waals surface area (Å²) in [5, 5.41) is 0.708. The van der Waals surface area contributed by atoms with Gasteiger partial charge in [-0.1, -0.05) is 51.1 Å². The third kappa shape index (κ3) is 5.66. The second-order valence-electron chi connectivity index (χ2n) is 10.1. The van der Waals surface area contributed by atoms with E-state index in [1.807, 2.05) is 36.4 Å². The Morgan fingerprint density at radius 2 is 1.72 bits per heavy atom. The molecule has 1 aromatic heterocycles. The fourth-order valence-electron chi connectivity index (χ4n) is 4.35. The lowest BCUT2D eigenvalue weighted by molar-refractivity contribution is -0.122. The Bertz CT molecular complexity index is 1280. The molecule has 1 aliphatic rings. The number of hydrogen-bond acceptors (Lipinski definition) is 4. The zero-order valence-corrected chi connectivity index (χ0v) is 22.9. The van der Waals surface area contributed by atoms with Gasteiger partial charge in [-0.15, -0.1) is 0 Å². The van der Waals surface area contributed by atoms with Crippen LogP contribution in [0.5, 0.6) is 0 Å². The zero-order chi connectivity index (χ0) is 25.9. The number of nitrogens with zero attached hydrogens (tertiary/aromatic N) is 3. The number of methoxy groups -OCH3 is 1. The van der Waals surface area contributed by atoms with Crippen LogP contribution in [-0.4, -0.2) is 40.8 Å². The number of hydrogen-bond donors (Lipinski definition) is 0. The van der Waals surface area contributed by atoms with Gasteiger partial charge in [0.05, 0.1) is 10.6 Å². The van der Waals surface area contributed by atoms with Crippen LogP contribution in [0.4, 0.5) is 5.69 Å². The summed E-state index contributed by atoms with van der Waals surface area (Å²) in [6.07, 6.45) is 2.76. The van der Waals surface area contributed by atoms with Gasteiger partial charge in [-0.05, 0) is 85.0 Å². The topological polar surface area (TPSA) is 46.8 Å². The monoisotopic (exact) mass is 501 g/mol. The molecule has 2 aromatic carbocycles. The number of amidine groups is 1. The number of benzene rings is 2. The SMILES string of the molecule is COCCCN1C(=O)/C(=C/c2cc(C)n(-c3ccc(C(C)(C)C)cc3)c2C)SC1=Nc1ccccc1. The second kappa shape index (κ2) is 10.9. The number of amides is 1. The molecule has 0 bridgehead atoms. The average molecular weight is 502 g/mol. The Morgan fingerprint density at radius 3 is 2.36 bits per heavy atom. The van der Waals surface area contributed by atoms with Crippen LogP contribution in [0.15, 0.2) is 70.6 Å². The lowest BCUT2D eigenvalue weighted by Gasteiger charge is -2.20. The Morgan fingerprint density at radius 1 is 1.03 bits per heavy atom. The number of aryl methyl sites for hydroxylation is 1. The highest BCUT2D eigenvalue weighted by Gasteiger charge is 2.33. The number of carbonyl (C=O) groups is 1. The number of aromatic nitrogens is 1. The molecule has 4 rings (SSSR count). The quantitative estimate of drug-likeness (QED) is 0.258. The predicted molar refractivity (Wildman–Crippen MR) is 151 cm³/mol. The lowest BCUT2D eigenvalue weighted by Crippen LogP contribution is -2.30. The van der Waals surface area contributed by atoms with Crippen LogP contribution in [-0.2, 0) is 14.9 Å². The standard InChI is InChI=1S/C30H35N3O2S/c1-21-19-23(22(2)33(21)26-15-13-24(14-16-26)30(3,4)5)20-27-28(34)32(17-10-18-35-6)29(36-27)31-25-11-8-7-9-12-25/h7-9,11-16,19-20H,10,17-18H2,1-6H3/b27-20-,31-29?. The van der Waals surface area contributed by atoms with Crippen molar-refractivity contribution in [3.8, 4) is 5.69 Å². The van der Waals surface area contributed by atoms with Gasteiger partial charge in [-0.2, -0.15) is 0 Å². The largest absolute Gasteiger partial charge is 0.385 e. The van der Waals surface area contributed by atoms with E-state index < -0.39 is 0 Å². The number of ether oxygens (including phenoxy) is 1. The summed E-state index contributed by atoms with van der Waals surface area (Å²) in [4.78, 5) is 20.7. The van der Waals surface area contributed by atoms with Gasteiger partial charge in [0.2, 0.25) is 0 Å². The summed E-state index contributed by atoms with van der Waals surface area (Å²) in [6, 6.07) is 20.7. The van der Waals surface area contributed by atoms with E-state index in [-0.39, 0.29) is 11.3 Å². The van der Waals surface area contributed by atoms with Crippen molar-refractivity contribution >= 4 is 34.6 Å². The average Bonchev–Trinajstić information content (AvgIpc) is 3.29. The van der Waals surface area contributed by atoms with Gasteiger partial charge in [0.1, 0.15) is 0 Å². The van der Waals surface area contributed by atoms with Gasteiger partial charge in [-0.3, -0.25) is 9.69 Å². The van der Waals surface area contributed by atoms with Gasteiger partial charge >= 0.3 is 0 Å². The highest BCUT2D eigenvalue weighted by molar-refractivity contribution is 8.18. The molecule has 5 nitrogen and oxygen atoms in total. The highest BCUT2D eigenvalue weighted by Crippen LogP contribution is 2.35. The fraction of sp³-hybridized carbons (Fsp3) is 0.333. The van der Waals surface area contributed by atoms with Crippen LogP contribution in [0.3, 0.4) is 0 Å². The van der Waals surface area contributed by atoms with E-state index in [9.17, 15) is 4.79 Å². The van der Waals surface area contributed by atoms with E-state index in [1.54, 1.807) is 12.0 Å². The summed E-state index contributed by atoms with van der Waals surface area (Å²) < 4.78 is 7.46. The van der Waals surface area contributed by atoms with Gasteiger partial charge in [0, 0.05) is 37.3 Å². The van der Waals surface area contributed by atoms with Crippen LogP contribution in [0.2, 0.25) is 0 Å². The molecule has 0 saturated carbocycles. The molecule has 1 aliphatic heterocycles. The molecule has 0 spiro atoms. The molecule has 1 fully saturated rings. The molecule has 36 heavy (non-hydrogen) atoms. The maximum atomic E-state index is 13.4. The fourth-order valence-corrected chi connectivity index (χ4v) is 5.37. The molecule has 6 heteroatoms. The molecule has 0 radical (unpaired) electrons. The van der Waals surface area contributed by atoms with Crippen molar-refractivity contribution < 1.29 is 9.53 Å². The van der Waals surface area contributed by atoms with Crippen molar-refractivity contribution in [2.24, 2.45) is 4.99 Å². The van der Waals surface area contributed by atoms with Crippen molar-refractivity contribution in [2.45, 2.75) is 46.5 Å². The smallest absolute Gasteiger partial charge is 0.266 e. The van der Waals surface area contributed by atoms with Gasteiger partial charge < -0.3 is 9.30 Å². The first kappa shape index (κ1) is 26.0. The van der Waals surface area contributed by atoms with E-state index in [1.165, 1.54) is 17.3 Å². The van der Waals surface area contributed by atoms with Crippen molar-refractivity contribution in [1.29, 1.82) is 0 Å². The van der Waals surface area contributed by atoms with E-state index in [0.29, 0.717) is 23.2 Å². The molecule has 0 unspecified atom stereocenters. The molecule has 3 aromatic rings. The second-order valence-corrected chi connectivity index (χ2v) is 11.1. The summed E-state index contributed by atoms with van der Waals surface area (Å²) in [6.45, 7) is 12.1. The Labute approximate surface area is 218 Å². The van der Waals surface area contributed by atoms with Crippen molar-refractivity contribution in [1.82, 2.24) is 9.47 Å². The van der Waals surface area contributed by atoms with Crippen LogP contribution < -0.4 is 0 Å². The predicted octanol–water partition coefficient (Wildman–Crippen LogP) is 7.03. The van der Waals surface area contributed by atoms with E-state index in [0.717, 1.165) is 34.7 Å². The molecule has 1 amide bonds. The maximum Gasteiger partial charge on any atom is 0.266 e. The van der Waals surface area contributed by atoms with Gasteiger partial charge in [-0.25, -0.2) is 4.99 Å². The first-order valence-electron chi connectivity index (χ1n) is 12.3. The lowest BCUT2D eigenvalue weighted by atomic mass is 9.87. The Hall–Kier alpha value is -3.09. The number of thioether (sulfide) groups is 1. The summed E-state index contributed by atoms with van der Waals surface area (Å²) in [5.74, 6) is -0.00915. The van der Waals surface area contributed by atoms with Gasteiger partial charge in [0.25, 0.3) is 5.91 Å². The van der Waals surface area contributed by atoms with Gasteiger partial charge in [0.15, 0.2) is 5.17 Å². The minimum atomic E-state index is -0.00915. The normalized spacial score (nSPS) is 16.5. The van der Waals surface area contributed by atoms with E-state index >= 15 is 0 Å². The molecular weight excluding hydrogens is 466 g/mol. The molecule has 188 valence electrons. The molecular formula is C30H35N3O2S. The van der Waals surface area contributed by atoms with Crippen molar-refractivity contribution in [3.05, 3.63) is 88.1 Å². The zero-order valence-electron chi connectivity index (χ0n) is 22.0. The molecule has 0 N–H and O–H groups in total. The first-order chi connectivity index (χ1) is 17.2. The molecule has 0 aliphatic carbocycles. The highest BCUT2D eigenvalue weighted by atomic mass is 32.2. The van der Waals surface area contributed by atoms with E-state index in [4.69, 9.17) is 9.73 Å². The number of rotatable bonds is 7.